The van der Waals surface area contributed by atoms with Gasteiger partial charge in [-0.1, -0.05) is 17.5 Å². The first-order chi connectivity index (χ1) is 24.8. The van der Waals surface area contributed by atoms with E-state index in [9.17, 15) is 22.4 Å². The molecule has 0 saturated carbocycles. The van der Waals surface area contributed by atoms with Gasteiger partial charge in [-0.2, -0.15) is 28.2 Å². The number of rotatable bonds is 6. The number of fused-ring (bicyclic) bond motifs is 3. The summed E-state index contributed by atoms with van der Waals surface area (Å²) in [7, 11) is 3.25. The monoisotopic (exact) mass is 742 g/mol. The number of nitrogens with zero attached hydrogens (tertiary/aromatic N) is 7. The van der Waals surface area contributed by atoms with Gasteiger partial charge in [0, 0.05) is 57.0 Å². The average molecular weight is 743 g/mol. The van der Waals surface area contributed by atoms with Gasteiger partial charge >= 0.3 is 12.2 Å². The van der Waals surface area contributed by atoms with Crippen LogP contribution in [0.3, 0.4) is 0 Å². The summed E-state index contributed by atoms with van der Waals surface area (Å²) in [6, 6.07) is 2.56. The summed E-state index contributed by atoms with van der Waals surface area (Å²) >= 11 is 6.78. The van der Waals surface area contributed by atoms with Crippen LogP contribution in [0.25, 0.3) is 0 Å². The Bertz CT molecular complexity index is 2010. The Morgan fingerprint density at radius 3 is 2.75 bits per heavy atom. The second kappa shape index (κ2) is 13.9. The third-order valence-electron chi connectivity index (χ3n) is 10.3. The van der Waals surface area contributed by atoms with Crippen molar-refractivity contribution in [2.45, 2.75) is 76.5 Å². The molecule has 6 heterocycles. The molecule has 3 aromatic rings. The molecule has 2 fully saturated rings. The first kappa shape index (κ1) is 36.0. The van der Waals surface area contributed by atoms with Crippen LogP contribution >= 0.6 is 11.6 Å². The van der Waals surface area contributed by atoms with E-state index in [1.165, 1.54) is 24.0 Å². The highest BCUT2D eigenvalue weighted by molar-refractivity contribution is 6.34. The van der Waals surface area contributed by atoms with Gasteiger partial charge in [0.05, 0.1) is 53.1 Å². The number of carbonyl (C=O) groups excluding carboxylic acids is 1. The van der Waals surface area contributed by atoms with Gasteiger partial charge in [-0.3, -0.25) is 14.4 Å². The van der Waals surface area contributed by atoms with Crippen LogP contribution in [0.1, 0.15) is 82.8 Å². The lowest BCUT2D eigenvalue weighted by atomic mass is 9.91. The van der Waals surface area contributed by atoms with E-state index in [-0.39, 0.29) is 65.6 Å². The molecular weight excluding hydrogens is 704 g/mol. The van der Waals surface area contributed by atoms with E-state index in [1.54, 1.807) is 18.8 Å². The van der Waals surface area contributed by atoms with Crippen LogP contribution in [-0.2, 0) is 37.0 Å². The maximum Gasteiger partial charge on any atom is 0.417 e. The van der Waals surface area contributed by atoms with E-state index < -0.39 is 23.4 Å². The number of hydrogen-bond acceptors (Lipinski definition) is 9. The number of halogens is 5. The zero-order valence-electron chi connectivity index (χ0n) is 29.1. The van der Waals surface area contributed by atoms with Gasteiger partial charge in [-0.15, -0.1) is 5.92 Å². The van der Waals surface area contributed by atoms with Crippen molar-refractivity contribution >= 4 is 29.0 Å². The molecule has 2 atom stereocenters. The Morgan fingerprint density at radius 2 is 2.02 bits per heavy atom. The molecule has 7 rings (SSSR count). The van der Waals surface area contributed by atoms with Crippen LogP contribution in [0.2, 0.25) is 5.02 Å². The third kappa shape index (κ3) is 6.56. The van der Waals surface area contributed by atoms with E-state index in [0.29, 0.717) is 67.1 Å². The number of aryl methyl sites for hydroxylation is 1. The summed E-state index contributed by atoms with van der Waals surface area (Å²) in [5, 5.41) is 4.76. The normalized spacial score (nSPS) is 22.3. The molecule has 276 valence electrons. The predicted octanol–water partition coefficient (Wildman–Crippen LogP) is 5.70. The fraction of sp³-hybridized carbons (Fsp3) is 0.500. The largest absolute Gasteiger partial charge is 0.461 e. The molecule has 0 bridgehead atoms. The number of anilines is 2. The second-order valence-corrected chi connectivity index (χ2v) is 14.3. The van der Waals surface area contributed by atoms with Gasteiger partial charge in [0.25, 0.3) is 5.91 Å². The Hall–Kier alpha value is -4.39. The first-order valence-corrected chi connectivity index (χ1v) is 17.5. The summed E-state index contributed by atoms with van der Waals surface area (Å²) < 4.78 is 71.7. The Morgan fingerprint density at radius 1 is 1.21 bits per heavy atom. The Labute approximate surface area is 303 Å². The Kier molecular flexibility index (Phi) is 9.60. The van der Waals surface area contributed by atoms with E-state index >= 15 is 0 Å². The highest BCUT2D eigenvalue weighted by Crippen LogP contribution is 2.45. The van der Waals surface area contributed by atoms with Gasteiger partial charge < -0.3 is 25.0 Å². The van der Waals surface area contributed by atoms with Crippen molar-refractivity contribution in [3.8, 4) is 17.9 Å². The zero-order chi connectivity index (χ0) is 36.9. The average Bonchev–Trinajstić information content (AvgIpc) is 3.69. The minimum absolute atomic E-state index is 0.0211. The fourth-order valence-corrected chi connectivity index (χ4v) is 8.19. The number of benzene rings is 1. The predicted molar refractivity (Wildman–Crippen MR) is 185 cm³/mol. The van der Waals surface area contributed by atoms with Gasteiger partial charge in [0.1, 0.15) is 12.4 Å². The molecule has 4 aliphatic rings. The summed E-state index contributed by atoms with van der Waals surface area (Å²) in [6.45, 7) is 4.21. The molecule has 2 aromatic heterocycles. The summed E-state index contributed by atoms with van der Waals surface area (Å²) in [5.74, 6) is 5.28. The number of amides is 1. The van der Waals surface area contributed by atoms with Crippen LogP contribution < -0.4 is 15.4 Å². The van der Waals surface area contributed by atoms with Crippen molar-refractivity contribution in [3.63, 3.8) is 0 Å². The SMILES string of the molecule is CC#Cc1cc(N)cc([C@@H]2Cc3nc(OC[C@@]45CCCN4C/C(=C\F)C5)nc(N4CCCn5nc(C(=O)N(C)C)c(Cl)c5C4)c3CO2)c1C(F)(F)F. The summed E-state index contributed by atoms with van der Waals surface area (Å²) in [6.07, 6.45) is -2.19. The van der Waals surface area contributed by atoms with Gasteiger partial charge in [-0.05, 0) is 62.4 Å². The van der Waals surface area contributed by atoms with Gasteiger partial charge in [-0.25, -0.2) is 4.39 Å². The maximum atomic E-state index is 14.6. The number of nitrogens with two attached hydrogens (primary N) is 1. The maximum absolute atomic E-state index is 14.6. The lowest BCUT2D eigenvalue weighted by Gasteiger charge is -2.33. The number of ether oxygens (including phenoxy) is 2. The molecule has 0 spiro atoms. The number of hydrogen-bond donors (Lipinski definition) is 1. The highest BCUT2D eigenvalue weighted by atomic mass is 35.5. The minimum Gasteiger partial charge on any atom is -0.461 e. The van der Waals surface area contributed by atoms with Gasteiger partial charge in [0.2, 0.25) is 0 Å². The van der Waals surface area contributed by atoms with Crippen LogP contribution in [0, 0.1) is 11.8 Å². The van der Waals surface area contributed by atoms with Crippen molar-refractivity contribution in [1.29, 1.82) is 0 Å². The molecule has 2 N–H and O–H groups in total. The quantitative estimate of drug-likeness (QED) is 0.193. The Balaban J connectivity index is 1.28. The molecule has 2 saturated heterocycles. The van der Waals surface area contributed by atoms with Crippen LogP contribution in [0.5, 0.6) is 6.01 Å². The van der Waals surface area contributed by atoms with Crippen molar-refractivity contribution < 1.29 is 31.8 Å². The standard InChI is InChI=1S/C36H39ClF4N8O3/c1-4-7-22-12-23(42)13-24(29(22)36(39,40)41)28-14-26-25(19-51-28)32(44-34(43-26)52-20-35-8-5-10-48(35)17-21(15-35)16-38)47-9-6-11-49-27(18-47)30(37)31(45-49)33(50)46(2)3/h12-13,16,28H,5-6,8-11,14-15,17-20,42H2,1-3H3/b21-16-/t28-,35-/m0/s1. The second-order valence-electron chi connectivity index (χ2n) is 14.0. The van der Waals surface area contributed by atoms with Crippen LogP contribution in [0.15, 0.2) is 24.0 Å². The first-order valence-electron chi connectivity index (χ1n) is 17.1. The molecule has 0 aliphatic carbocycles. The third-order valence-corrected chi connectivity index (χ3v) is 10.7. The number of alkyl halides is 3. The van der Waals surface area contributed by atoms with Crippen molar-refractivity contribution in [2.24, 2.45) is 0 Å². The van der Waals surface area contributed by atoms with Crippen LogP contribution in [0.4, 0.5) is 29.1 Å². The zero-order valence-corrected chi connectivity index (χ0v) is 29.9. The van der Waals surface area contributed by atoms with Gasteiger partial charge in [0.15, 0.2) is 5.69 Å². The van der Waals surface area contributed by atoms with E-state index in [4.69, 9.17) is 36.8 Å². The molecule has 11 nitrogen and oxygen atoms in total. The van der Waals surface area contributed by atoms with Crippen molar-refractivity contribution in [3.05, 3.63) is 68.4 Å². The highest BCUT2D eigenvalue weighted by Gasteiger charge is 2.47. The van der Waals surface area contributed by atoms with E-state index in [0.717, 1.165) is 19.4 Å². The fourth-order valence-electron chi connectivity index (χ4n) is 7.91. The lowest BCUT2D eigenvalue weighted by Crippen LogP contribution is -2.43. The van der Waals surface area contributed by atoms with E-state index in [1.807, 2.05) is 4.90 Å². The molecule has 52 heavy (non-hydrogen) atoms. The van der Waals surface area contributed by atoms with Crippen LogP contribution in [-0.4, -0.2) is 81.3 Å². The smallest absolute Gasteiger partial charge is 0.417 e. The molecule has 4 aliphatic heterocycles. The summed E-state index contributed by atoms with van der Waals surface area (Å²) in [4.78, 5) is 28.1. The molecule has 1 aromatic carbocycles. The number of nitrogen functional groups attached to an aromatic ring is 1. The number of aromatic nitrogens is 4. The van der Waals surface area contributed by atoms with Crippen molar-refractivity contribution in [1.82, 2.24) is 29.5 Å². The minimum atomic E-state index is -4.72. The molecule has 16 heteroatoms. The summed E-state index contributed by atoms with van der Waals surface area (Å²) in [5.41, 5.74) is 7.14. The lowest BCUT2D eigenvalue weighted by molar-refractivity contribution is -0.140. The molecule has 1 amide bonds. The van der Waals surface area contributed by atoms with E-state index in [2.05, 4.69) is 21.8 Å². The molecule has 0 unspecified atom stereocenters. The topological polar surface area (TPSA) is 115 Å². The molecule has 0 radical (unpaired) electrons. The van der Waals surface area contributed by atoms with Crippen molar-refractivity contribution in [2.75, 3.05) is 51.0 Å². The molecular formula is C36H39ClF4N8O3. The number of carbonyl (C=O) groups is 1.